The van der Waals surface area contributed by atoms with Gasteiger partial charge in [0.1, 0.15) is 36.4 Å². The van der Waals surface area contributed by atoms with Gasteiger partial charge >= 0.3 is 5.97 Å². The zero-order valence-electron chi connectivity index (χ0n) is 40.4. The molecule has 1 aromatic carbocycles. The summed E-state index contributed by atoms with van der Waals surface area (Å²) in [5.74, 6) is -7.62. The topological polar surface area (TPSA) is 205 Å². The van der Waals surface area contributed by atoms with Crippen LogP contribution in [0.3, 0.4) is 0 Å². The Morgan fingerprint density at radius 2 is 1.58 bits per heavy atom. The molecule has 3 aliphatic heterocycles. The van der Waals surface area contributed by atoms with Crippen molar-refractivity contribution in [2.75, 3.05) is 34.5 Å². The smallest absolute Gasteiger partial charge is 0.329 e. The maximum atomic E-state index is 14.5. The number of aliphatic hydroxyl groups is 3. The van der Waals surface area contributed by atoms with Crippen LogP contribution in [0.15, 0.2) is 47.6 Å². The maximum Gasteiger partial charge on any atom is 0.329 e. The minimum absolute atomic E-state index is 0.00944. The average Bonchev–Trinajstić information content (AvgIpc) is 3.30. The number of Topliss-reactive ketones (excluding diaryl/α,β-unsaturated/α-hetero) is 3. The molecule has 368 valence electrons. The van der Waals surface area contributed by atoms with E-state index in [0.717, 1.165) is 10.5 Å². The monoisotopic (exact) mass is 926 g/mol. The first kappa shape index (κ1) is 53.1. The number of esters is 1. The summed E-state index contributed by atoms with van der Waals surface area (Å²) < 4.78 is 35.4. The molecule has 0 aromatic heterocycles. The molecule has 0 spiro atoms. The van der Waals surface area contributed by atoms with Crippen molar-refractivity contribution in [1.29, 1.82) is 0 Å². The van der Waals surface area contributed by atoms with Gasteiger partial charge in [0.25, 0.3) is 11.7 Å². The number of hydrogen-bond donors (Lipinski definition) is 3. The van der Waals surface area contributed by atoms with Gasteiger partial charge in [-0.25, -0.2) is 4.79 Å². The van der Waals surface area contributed by atoms with Crippen LogP contribution in [0, 0.1) is 29.6 Å². The first-order valence-corrected chi connectivity index (χ1v) is 23.9. The Kier molecular flexibility index (Phi) is 19.3. The number of cyclic esters (lactones) is 1. The van der Waals surface area contributed by atoms with Crippen LogP contribution < -0.4 is 4.74 Å². The molecule has 66 heavy (non-hydrogen) atoms. The first-order chi connectivity index (χ1) is 31.3. The lowest BCUT2D eigenvalue weighted by molar-refractivity contribution is -0.302. The zero-order chi connectivity index (χ0) is 48.5. The summed E-state index contributed by atoms with van der Waals surface area (Å²) >= 11 is 0. The number of amides is 1. The quantitative estimate of drug-likeness (QED) is 0.111. The van der Waals surface area contributed by atoms with Gasteiger partial charge < -0.3 is 48.6 Å². The number of ether oxygens (including phenoxy) is 6. The van der Waals surface area contributed by atoms with E-state index in [-0.39, 0.29) is 55.8 Å². The van der Waals surface area contributed by atoms with Crippen molar-refractivity contribution in [3.05, 3.63) is 53.1 Å². The third kappa shape index (κ3) is 12.8. The minimum Gasteiger partial charge on any atom is -0.497 e. The predicted octanol–water partition coefficient (Wildman–Crippen LogP) is 5.73. The fourth-order valence-electron chi connectivity index (χ4n) is 10.4. The number of carbonyl (C=O) groups excluding carboxylic acids is 5. The van der Waals surface area contributed by atoms with E-state index in [1.807, 2.05) is 32.9 Å². The number of piperidine rings is 1. The lowest BCUT2D eigenvalue weighted by atomic mass is 9.81. The SMILES string of the molecule is CCC1C=C(C)CC(C)CC(OC)C2OC(O)(C(=O)C(=O)N3CCCCC3C(=O)OC(C(C)=CC3CCC(OCC(=O)c4ccc(OC)cc4)C(O)C3)C(C)C(O)CC1=O)C(C)CC2OC. The molecule has 2 bridgehead atoms. The summed E-state index contributed by atoms with van der Waals surface area (Å²) in [5.41, 5.74) is 2.02. The molecule has 14 unspecified atom stereocenters. The van der Waals surface area contributed by atoms with Crippen LogP contribution >= 0.6 is 0 Å². The van der Waals surface area contributed by atoms with Gasteiger partial charge in [-0.3, -0.25) is 19.2 Å². The Morgan fingerprint density at radius 1 is 0.894 bits per heavy atom. The number of allylic oxidation sites excluding steroid dienone is 3. The molecule has 1 amide bonds. The number of hydrogen-bond acceptors (Lipinski definition) is 14. The molecule has 15 nitrogen and oxygen atoms in total. The third-order valence-electron chi connectivity index (χ3n) is 14.4. The van der Waals surface area contributed by atoms with E-state index in [9.17, 15) is 39.3 Å². The van der Waals surface area contributed by atoms with Crippen LogP contribution in [0.2, 0.25) is 0 Å². The van der Waals surface area contributed by atoms with E-state index in [4.69, 9.17) is 28.4 Å². The molecule has 3 heterocycles. The normalized spacial score (nSPS) is 36.1. The fraction of sp³-hybridized carbons (Fsp3) is 0.706. The molecule has 5 rings (SSSR count). The van der Waals surface area contributed by atoms with Crippen LogP contribution in [0.1, 0.15) is 123 Å². The maximum absolute atomic E-state index is 14.5. The number of rotatable bonds is 10. The van der Waals surface area contributed by atoms with E-state index >= 15 is 0 Å². The number of aliphatic hydroxyl groups excluding tert-OH is 2. The van der Waals surface area contributed by atoms with Gasteiger partial charge in [-0.05, 0) is 120 Å². The Labute approximate surface area is 390 Å². The molecular weight excluding hydrogens is 851 g/mol. The summed E-state index contributed by atoms with van der Waals surface area (Å²) in [5, 5.41) is 35.1. The van der Waals surface area contributed by atoms with Crippen molar-refractivity contribution < 1.29 is 67.7 Å². The third-order valence-corrected chi connectivity index (χ3v) is 14.4. The van der Waals surface area contributed by atoms with E-state index < -0.39 is 90.0 Å². The molecular formula is C51H75NO14. The van der Waals surface area contributed by atoms with Gasteiger partial charge in [0.2, 0.25) is 5.79 Å². The number of nitrogens with zero attached hydrogens (tertiary/aromatic N) is 1. The number of methoxy groups -OCH3 is 3. The molecule has 1 aromatic rings. The van der Waals surface area contributed by atoms with Crippen LogP contribution in [-0.2, 0) is 42.9 Å². The van der Waals surface area contributed by atoms with Crippen molar-refractivity contribution in [2.24, 2.45) is 29.6 Å². The zero-order valence-corrected chi connectivity index (χ0v) is 40.4. The van der Waals surface area contributed by atoms with Gasteiger partial charge in [-0.15, -0.1) is 0 Å². The second-order valence-electron chi connectivity index (χ2n) is 19.4. The fourth-order valence-corrected chi connectivity index (χ4v) is 10.4. The van der Waals surface area contributed by atoms with Gasteiger partial charge in [-0.1, -0.05) is 45.4 Å². The Hall–Kier alpha value is -3.83. The summed E-state index contributed by atoms with van der Waals surface area (Å²) in [4.78, 5) is 71.0. The molecule has 0 radical (unpaired) electrons. The van der Waals surface area contributed by atoms with Gasteiger partial charge in [0.05, 0.1) is 37.6 Å². The molecule has 2 saturated heterocycles. The van der Waals surface area contributed by atoms with Gasteiger partial charge in [-0.2, -0.15) is 0 Å². The standard InChI is InChI=1S/C51H75NO14/c1-10-35-22-29(2)21-30(3)23-44(62-8)47-45(63-9)25-32(5)51(60,66-47)48(57)49(58)52-20-12-11-13-38(52)50(59)65-46(33(6)39(53)27-40(35)54)31(4)24-34-14-19-43(41(55)26-34)64-28-42(56)36-15-17-37(61-7)18-16-36/h15-18,22,24,30,32-35,38-39,41,43-47,53,55,60H,10-14,19-21,23,25-28H2,1-9H3. The summed E-state index contributed by atoms with van der Waals surface area (Å²) in [6, 6.07) is 5.53. The molecule has 3 N–H and O–H groups in total. The summed E-state index contributed by atoms with van der Waals surface area (Å²) in [7, 11) is 4.59. The first-order valence-electron chi connectivity index (χ1n) is 23.9. The van der Waals surface area contributed by atoms with Crippen LogP contribution in [0.4, 0.5) is 0 Å². The predicted molar refractivity (Wildman–Crippen MR) is 244 cm³/mol. The second kappa shape index (κ2) is 23.9. The lowest BCUT2D eigenvalue weighted by Crippen LogP contribution is -2.64. The molecule has 1 saturated carbocycles. The highest BCUT2D eigenvalue weighted by Gasteiger charge is 2.56. The van der Waals surface area contributed by atoms with Crippen LogP contribution in [0.5, 0.6) is 5.75 Å². The van der Waals surface area contributed by atoms with E-state index in [2.05, 4.69) is 0 Å². The van der Waals surface area contributed by atoms with Crippen LogP contribution in [0.25, 0.3) is 0 Å². The highest BCUT2D eigenvalue weighted by molar-refractivity contribution is 6.39. The number of benzene rings is 1. The van der Waals surface area contributed by atoms with Crippen LogP contribution in [-0.4, -0.2) is 138 Å². The molecule has 1 aliphatic carbocycles. The van der Waals surface area contributed by atoms with Crippen molar-refractivity contribution >= 4 is 29.2 Å². The molecule has 15 heteroatoms. The van der Waals surface area contributed by atoms with E-state index in [1.54, 1.807) is 52.1 Å². The lowest BCUT2D eigenvalue weighted by Gasteiger charge is -2.47. The van der Waals surface area contributed by atoms with Crippen molar-refractivity contribution in [3.8, 4) is 5.75 Å². The summed E-state index contributed by atoms with van der Waals surface area (Å²) in [6.07, 6.45) is 2.16. The molecule has 3 fully saturated rings. The number of ketones is 3. The van der Waals surface area contributed by atoms with E-state index in [1.165, 1.54) is 14.2 Å². The number of fused-ring (bicyclic) bond motifs is 3. The minimum atomic E-state index is -2.53. The van der Waals surface area contributed by atoms with Gasteiger partial charge in [0.15, 0.2) is 5.78 Å². The average molecular weight is 926 g/mol. The number of carbonyl (C=O) groups is 5. The summed E-state index contributed by atoms with van der Waals surface area (Å²) in [6.45, 7) is 10.9. The van der Waals surface area contributed by atoms with Crippen molar-refractivity contribution in [3.63, 3.8) is 0 Å². The largest absolute Gasteiger partial charge is 0.497 e. The Bertz CT molecular complexity index is 1900. The second-order valence-corrected chi connectivity index (χ2v) is 19.4. The molecule has 14 atom stereocenters. The van der Waals surface area contributed by atoms with Crippen molar-refractivity contribution in [1.82, 2.24) is 4.90 Å². The van der Waals surface area contributed by atoms with Gasteiger partial charge in [0, 0.05) is 50.5 Å². The highest BCUT2D eigenvalue weighted by atomic mass is 16.7. The molecule has 4 aliphatic rings. The Balaban J connectivity index is 1.43. The van der Waals surface area contributed by atoms with Crippen molar-refractivity contribution in [2.45, 2.75) is 167 Å². The Morgan fingerprint density at radius 3 is 2.21 bits per heavy atom. The highest BCUT2D eigenvalue weighted by Crippen LogP contribution is 2.39. The van der Waals surface area contributed by atoms with E-state index in [0.29, 0.717) is 68.3 Å².